The van der Waals surface area contributed by atoms with Crippen molar-refractivity contribution in [3.8, 4) is 0 Å². The van der Waals surface area contributed by atoms with E-state index in [9.17, 15) is 4.79 Å². The highest BCUT2D eigenvalue weighted by molar-refractivity contribution is 5.91. The van der Waals surface area contributed by atoms with Crippen LogP contribution in [0.4, 0.5) is 0 Å². The Kier molecular flexibility index (Phi) is 5.96. The number of rotatable bonds is 6. The van der Waals surface area contributed by atoms with Gasteiger partial charge in [-0.1, -0.05) is 30.3 Å². The molecule has 1 aromatic carbocycles. The van der Waals surface area contributed by atoms with E-state index in [1.54, 1.807) is 18.4 Å². The molecule has 4 nitrogen and oxygen atoms in total. The topological polar surface area (TPSA) is 36.7 Å². The summed E-state index contributed by atoms with van der Waals surface area (Å²) in [6.07, 6.45) is 11.0. The van der Waals surface area contributed by atoms with E-state index in [2.05, 4.69) is 35.2 Å². The van der Waals surface area contributed by atoms with E-state index in [1.165, 1.54) is 31.4 Å². The number of benzene rings is 1. The van der Waals surface area contributed by atoms with Crippen LogP contribution in [-0.2, 0) is 11.2 Å². The second kappa shape index (κ2) is 8.78. The van der Waals surface area contributed by atoms with Gasteiger partial charge in [-0.05, 0) is 69.0 Å². The maximum Gasteiger partial charge on any atom is 0.246 e. The monoisotopic (exact) mass is 378 g/mol. The van der Waals surface area contributed by atoms with Gasteiger partial charge in [-0.3, -0.25) is 4.79 Å². The van der Waals surface area contributed by atoms with E-state index in [0.717, 1.165) is 44.8 Å². The van der Waals surface area contributed by atoms with Gasteiger partial charge >= 0.3 is 0 Å². The van der Waals surface area contributed by atoms with Crippen molar-refractivity contribution >= 4 is 12.0 Å². The van der Waals surface area contributed by atoms with E-state index in [4.69, 9.17) is 4.42 Å². The van der Waals surface area contributed by atoms with Crippen LogP contribution in [0, 0.1) is 5.41 Å². The van der Waals surface area contributed by atoms with Crippen LogP contribution in [0.15, 0.2) is 59.2 Å². The Morgan fingerprint density at radius 3 is 2.79 bits per heavy atom. The van der Waals surface area contributed by atoms with Gasteiger partial charge in [0.1, 0.15) is 5.76 Å². The molecule has 2 aromatic rings. The Morgan fingerprint density at radius 1 is 1.07 bits per heavy atom. The van der Waals surface area contributed by atoms with Crippen LogP contribution in [0.5, 0.6) is 0 Å². The number of aryl methyl sites for hydroxylation is 1. The number of furan rings is 1. The summed E-state index contributed by atoms with van der Waals surface area (Å²) in [7, 11) is 0. The lowest BCUT2D eigenvalue weighted by Gasteiger charge is -2.40. The van der Waals surface area contributed by atoms with Crippen molar-refractivity contribution in [1.82, 2.24) is 9.80 Å². The summed E-state index contributed by atoms with van der Waals surface area (Å²) in [5.74, 6) is 0.832. The van der Waals surface area contributed by atoms with E-state index >= 15 is 0 Å². The lowest BCUT2D eigenvalue weighted by Crippen LogP contribution is -2.45. The molecule has 0 unspecified atom stereocenters. The normalized spacial score (nSPS) is 23.1. The molecule has 2 saturated heterocycles. The second-order valence-electron chi connectivity index (χ2n) is 8.33. The smallest absolute Gasteiger partial charge is 0.246 e. The molecule has 2 fully saturated rings. The van der Waals surface area contributed by atoms with Gasteiger partial charge < -0.3 is 14.2 Å². The molecule has 0 radical (unpaired) electrons. The third-order valence-corrected chi connectivity index (χ3v) is 6.21. The molecule has 0 aliphatic carbocycles. The number of piperidine rings is 1. The first kappa shape index (κ1) is 19.0. The Hall–Kier alpha value is -2.33. The minimum Gasteiger partial charge on any atom is -0.465 e. The van der Waals surface area contributed by atoms with Gasteiger partial charge in [-0.25, -0.2) is 0 Å². The largest absolute Gasteiger partial charge is 0.465 e. The molecule has 2 aliphatic rings. The molecule has 0 bridgehead atoms. The molecular formula is C24H30N2O2. The van der Waals surface area contributed by atoms with Crippen molar-refractivity contribution in [1.29, 1.82) is 0 Å². The zero-order valence-corrected chi connectivity index (χ0v) is 16.6. The van der Waals surface area contributed by atoms with Gasteiger partial charge in [-0.2, -0.15) is 0 Å². The third kappa shape index (κ3) is 4.74. The Balaban J connectivity index is 1.27. The average Bonchev–Trinajstić information content (AvgIpc) is 3.38. The highest BCUT2D eigenvalue weighted by Crippen LogP contribution is 2.39. The number of carbonyl (C=O) groups is 1. The number of hydrogen-bond acceptors (Lipinski definition) is 3. The van der Waals surface area contributed by atoms with Gasteiger partial charge in [-0.15, -0.1) is 0 Å². The summed E-state index contributed by atoms with van der Waals surface area (Å²) in [6.45, 7) is 5.25. The molecule has 1 aromatic heterocycles. The quantitative estimate of drug-likeness (QED) is 0.706. The summed E-state index contributed by atoms with van der Waals surface area (Å²) in [4.78, 5) is 17.2. The van der Waals surface area contributed by atoms with Crippen LogP contribution in [0.25, 0.3) is 6.08 Å². The van der Waals surface area contributed by atoms with Gasteiger partial charge in [0, 0.05) is 31.1 Å². The SMILES string of the molecule is O=C(/C=C/c1ccco1)N1CC[C@@]2(CCCN(CCCc3ccccc3)C2)C1. The van der Waals surface area contributed by atoms with Crippen LogP contribution < -0.4 is 0 Å². The summed E-state index contributed by atoms with van der Waals surface area (Å²) >= 11 is 0. The van der Waals surface area contributed by atoms with E-state index < -0.39 is 0 Å². The minimum atomic E-state index is 0.106. The van der Waals surface area contributed by atoms with Crippen molar-refractivity contribution in [2.75, 3.05) is 32.7 Å². The number of hydrogen-bond donors (Lipinski definition) is 0. The fraction of sp³-hybridized carbons (Fsp3) is 0.458. The molecule has 0 N–H and O–H groups in total. The molecule has 1 atom stereocenters. The highest BCUT2D eigenvalue weighted by Gasteiger charge is 2.42. The molecule has 3 heterocycles. The molecule has 148 valence electrons. The van der Waals surface area contributed by atoms with Crippen molar-refractivity contribution < 1.29 is 9.21 Å². The predicted molar refractivity (Wildman–Crippen MR) is 112 cm³/mol. The molecule has 1 spiro atoms. The van der Waals surface area contributed by atoms with Gasteiger partial charge in [0.15, 0.2) is 0 Å². The van der Waals surface area contributed by atoms with E-state index in [-0.39, 0.29) is 5.91 Å². The lowest BCUT2D eigenvalue weighted by molar-refractivity contribution is -0.125. The summed E-state index contributed by atoms with van der Waals surface area (Å²) < 4.78 is 5.28. The molecule has 1 amide bonds. The Bertz CT molecular complexity index is 784. The first-order chi connectivity index (χ1) is 13.7. The maximum absolute atomic E-state index is 12.6. The molecule has 4 rings (SSSR count). The standard InChI is InChI=1S/C24H30N2O2/c27-23(12-11-22-10-5-18-28-22)26-17-14-24(20-26)13-6-16-25(19-24)15-4-9-21-7-2-1-3-8-21/h1-3,5,7-8,10-12,18H,4,6,9,13-17,19-20H2/b12-11+/t24-/m1/s1. The number of nitrogens with zero attached hydrogens (tertiary/aromatic N) is 2. The lowest BCUT2D eigenvalue weighted by atomic mass is 9.79. The zero-order valence-electron chi connectivity index (χ0n) is 16.6. The molecule has 28 heavy (non-hydrogen) atoms. The molecule has 2 aliphatic heterocycles. The third-order valence-electron chi connectivity index (χ3n) is 6.21. The van der Waals surface area contributed by atoms with Gasteiger partial charge in [0.05, 0.1) is 6.26 Å². The van der Waals surface area contributed by atoms with Crippen LogP contribution in [-0.4, -0.2) is 48.4 Å². The first-order valence-electron chi connectivity index (χ1n) is 10.5. The first-order valence-corrected chi connectivity index (χ1v) is 10.5. The summed E-state index contributed by atoms with van der Waals surface area (Å²) in [6, 6.07) is 14.5. The number of carbonyl (C=O) groups excluding carboxylic acids is 1. The second-order valence-corrected chi connectivity index (χ2v) is 8.33. The molecule has 4 heteroatoms. The van der Waals surface area contributed by atoms with Gasteiger partial charge in [0.25, 0.3) is 0 Å². The van der Waals surface area contributed by atoms with Crippen molar-refractivity contribution in [3.05, 3.63) is 66.1 Å². The number of likely N-dealkylation sites (tertiary alicyclic amines) is 2. The highest BCUT2D eigenvalue weighted by atomic mass is 16.3. The van der Waals surface area contributed by atoms with Crippen LogP contribution >= 0.6 is 0 Å². The number of amides is 1. The fourth-order valence-corrected chi connectivity index (χ4v) is 4.75. The molecular weight excluding hydrogens is 348 g/mol. The predicted octanol–water partition coefficient (Wildman–Crippen LogP) is 4.24. The summed E-state index contributed by atoms with van der Waals surface area (Å²) in [5.41, 5.74) is 1.72. The maximum atomic E-state index is 12.6. The Morgan fingerprint density at radius 2 is 1.96 bits per heavy atom. The summed E-state index contributed by atoms with van der Waals surface area (Å²) in [5, 5.41) is 0. The van der Waals surface area contributed by atoms with Crippen LogP contribution in [0.2, 0.25) is 0 Å². The van der Waals surface area contributed by atoms with Crippen molar-refractivity contribution in [2.24, 2.45) is 5.41 Å². The minimum absolute atomic E-state index is 0.106. The fourth-order valence-electron chi connectivity index (χ4n) is 4.75. The van der Waals surface area contributed by atoms with Crippen molar-refractivity contribution in [2.45, 2.75) is 32.1 Å². The van der Waals surface area contributed by atoms with E-state index in [1.807, 2.05) is 17.0 Å². The average molecular weight is 379 g/mol. The molecule has 0 saturated carbocycles. The van der Waals surface area contributed by atoms with Gasteiger partial charge in [0.2, 0.25) is 5.91 Å². The Labute approximate surface area is 167 Å². The zero-order chi connectivity index (χ0) is 19.2. The van der Waals surface area contributed by atoms with E-state index in [0.29, 0.717) is 5.41 Å². The van der Waals surface area contributed by atoms with Crippen molar-refractivity contribution in [3.63, 3.8) is 0 Å². The van der Waals surface area contributed by atoms with Crippen LogP contribution in [0.3, 0.4) is 0 Å². The van der Waals surface area contributed by atoms with Crippen LogP contribution in [0.1, 0.15) is 37.0 Å².